The maximum atomic E-state index is 12.0. The molecule has 0 saturated carbocycles. The summed E-state index contributed by atoms with van der Waals surface area (Å²) in [6, 6.07) is 17.5. The minimum Gasteiger partial charge on any atom is -0.436 e. The second kappa shape index (κ2) is 5.70. The van der Waals surface area contributed by atoms with Gasteiger partial charge in [0.2, 0.25) is 0 Å². The van der Waals surface area contributed by atoms with Crippen LogP contribution < -0.4 is 5.32 Å². The Bertz CT molecular complexity index is 1110. The first-order valence-corrected chi connectivity index (χ1v) is 8.24. The molecule has 26 heavy (non-hydrogen) atoms. The number of ether oxygens (including phenoxy) is 1. The molecule has 0 radical (unpaired) electrons. The molecule has 0 spiro atoms. The van der Waals surface area contributed by atoms with E-state index in [0.29, 0.717) is 0 Å². The van der Waals surface area contributed by atoms with Crippen LogP contribution in [0.1, 0.15) is 17.2 Å². The third kappa shape index (κ3) is 2.31. The van der Waals surface area contributed by atoms with Crippen LogP contribution in [0, 0.1) is 0 Å². The summed E-state index contributed by atoms with van der Waals surface area (Å²) in [5, 5.41) is 11.2. The Labute approximate surface area is 148 Å². The number of H-pyrrole nitrogens is 1. The molecule has 2 aromatic carbocycles. The van der Waals surface area contributed by atoms with Crippen LogP contribution in [-0.2, 0) is 4.74 Å². The zero-order valence-corrected chi connectivity index (χ0v) is 13.6. The van der Waals surface area contributed by atoms with E-state index in [4.69, 9.17) is 4.74 Å². The number of carbonyl (C=O) groups is 1. The summed E-state index contributed by atoms with van der Waals surface area (Å²) in [6.07, 6.45) is 2.57. The number of carbonyl (C=O) groups excluding carboxylic acids is 1. The van der Waals surface area contributed by atoms with Crippen molar-refractivity contribution in [2.75, 3.05) is 5.32 Å². The van der Waals surface area contributed by atoms with Gasteiger partial charge in [0.1, 0.15) is 5.69 Å². The number of nitrogens with one attached hydrogen (secondary N) is 2. The summed E-state index contributed by atoms with van der Waals surface area (Å²) >= 11 is 0. The molecule has 6 nitrogen and oxygen atoms in total. The van der Waals surface area contributed by atoms with Gasteiger partial charge in [-0.15, -0.1) is 0 Å². The van der Waals surface area contributed by atoms with Gasteiger partial charge in [0.15, 0.2) is 6.10 Å². The predicted octanol–water partition coefficient (Wildman–Crippen LogP) is 4.28. The van der Waals surface area contributed by atoms with E-state index in [1.807, 2.05) is 54.6 Å². The lowest BCUT2D eigenvalue weighted by atomic mass is 9.96. The van der Waals surface area contributed by atoms with Crippen molar-refractivity contribution < 1.29 is 9.53 Å². The van der Waals surface area contributed by atoms with Gasteiger partial charge < -0.3 is 4.74 Å². The molecule has 0 fully saturated rings. The van der Waals surface area contributed by atoms with Gasteiger partial charge in [0.05, 0.1) is 11.2 Å². The molecular weight excluding hydrogens is 328 g/mol. The predicted molar refractivity (Wildman–Crippen MR) is 97.7 cm³/mol. The monoisotopic (exact) mass is 342 g/mol. The molecule has 6 heteroatoms. The highest BCUT2D eigenvalue weighted by atomic mass is 16.6. The number of hydrogen-bond acceptors (Lipinski definition) is 4. The van der Waals surface area contributed by atoms with Crippen molar-refractivity contribution >= 4 is 22.7 Å². The Hall–Kier alpha value is -3.67. The van der Waals surface area contributed by atoms with Crippen LogP contribution >= 0.6 is 0 Å². The highest BCUT2D eigenvalue weighted by Gasteiger charge is 2.29. The number of pyridine rings is 1. The van der Waals surface area contributed by atoms with Crippen LogP contribution in [0.4, 0.5) is 10.5 Å². The van der Waals surface area contributed by atoms with E-state index in [1.165, 1.54) is 0 Å². The third-order valence-electron chi connectivity index (χ3n) is 4.53. The standard InChI is InChI=1S/C20H14N4O2/c25-20-22-16-11-17-14(18(24-23-17)12-6-8-21-9-7-12)10-15(16)19(26-20)13-4-2-1-3-5-13/h1-11,19H,(H,22,25)(H,23,24). The van der Waals surface area contributed by atoms with Crippen LogP contribution in [0.25, 0.3) is 22.2 Å². The van der Waals surface area contributed by atoms with Crippen molar-refractivity contribution in [2.45, 2.75) is 6.10 Å². The molecule has 1 unspecified atom stereocenters. The molecule has 1 amide bonds. The van der Waals surface area contributed by atoms with Crippen LogP contribution in [-0.4, -0.2) is 21.3 Å². The number of fused-ring (bicyclic) bond motifs is 2. The van der Waals surface area contributed by atoms with Gasteiger partial charge >= 0.3 is 6.09 Å². The lowest BCUT2D eigenvalue weighted by Gasteiger charge is -2.26. The van der Waals surface area contributed by atoms with Gasteiger partial charge in [-0.2, -0.15) is 5.10 Å². The summed E-state index contributed by atoms with van der Waals surface area (Å²) in [6.45, 7) is 0. The van der Waals surface area contributed by atoms with Crippen molar-refractivity contribution in [3.05, 3.63) is 78.1 Å². The molecule has 3 heterocycles. The second-order valence-electron chi connectivity index (χ2n) is 6.11. The topological polar surface area (TPSA) is 79.9 Å². The summed E-state index contributed by atoms with van der Waals surface area (Å²) in [7, 11) is 0. The number of nitrogens with zero attached hydrogens (tertiary/aromatic N) is 2. The molecular formula is C20H14N4O2. The Morgan fingerprint density at radius 2 is 1.81 bits per heavy atom. The third-order valence-corrected chi connectivity index (χ3v) is 4.53. The first-order valence-electron chi connectivity index (χ1n) is 8.24. The van der Waals surface area contributed by atoms with Crippen LogP contribution in [0.5, 0.6) is 0 Å². The van der Waals surface area contributed by atoms with Crippen LogP contribution in [0.15, 0.2) is 67.0 Å². The SMILES string of the molecule is O=C1Nc2cc3[nH]nc(-c4ccncc4)c3cc2C(c2ccccc2)O1. The summed E-state index contributed by atoms with van der Waals surface area (Å²) in [5.74, 6) is 0. The average molecular weight is 342 g/mol. The average Bonchev–Trinajstić information content (AvgIpc) is 3.10. The Morgan fingerprint density at radius 3 is 2.62 bits per heavy atom. The maximum absolute atomic E-state index is 12.0. The van der Waals surface area contributed by atoms with Gasteiger partial charge in [-0.05, 0) is 29.8 Å². The fourth-order valence-electron chi connectivity index (χ4n) is 3.32. The van der Waals surface area contributed by atoms with E-state index < -0.39 is 12.2 Å². The number of aromatic amines is 1. The van der Waals surface area contributed by atoms with E-state index in [9.17, 15) is 4.79 Å². The van der Waals surface area contributed by atoms with Crippen molar-refractivity contribution in [2.24, 2.45) is 0 Å². The fourth-order valence-corrected chi connectivity index (χ4v) is 3.32. The number of hydrogen-bond donors (Lipinski definition) is 2. The fraction of sp³-hybridized carbons (Fsp3) is 0.0500. The molecule has 2 aromatic heterocycles. The smallest absolute Gasteiger partial charge is 0.412 e. The lowest BCUT2D eigenvalue weighted by Crippen LogP contribution is -2.25. The van der Waals surface area contributed by atoms with Gasteiger partial charge in [0, 0.05) is 28.9 Å². The molecule has 0 aliphatic carbocycles. The van der Waals surface area contributed by atoms with Crippen molar-refractivity contribution in [1.82, 2.24) is 15.2 Å². The molecule has 5 rings (SSSR count). The maximum Gasteiger partial charge on any atom is 0.412 e. The van der Waals surface area contributed by atoms with Gasteiger partial charge in [0.25, 0.3) is 0 Å². The molecule has 1 aliphatic heterocycles. The number of amides is 1. The van der Waals surface area contributed by atoms with Crippen molar-refractivity contribution in [3.8, 4) is 11.3 Å². The van der Waals surface area contributed by atoms with Gasteiger partial charge in [-0.25, -0.2) is 4.79 Å². The number of aromatic nitrogens is 3. The zero-order chi connectivity index (χ0) is 17.5. The highest BCUT2D eigenvalue weighted by molar-refractivity contribution is 5.99. The molecule has 0 bridgehead atoms. The quantitative estimate of drug-likeness (QED) is 0.570. The first kappa shape index (κ1) is 14.7. The zero-order valence-electron chi connectivity index (χ0n) is 13.6. The van der Waals surface area contributed by atoms with Crippen LogP contribution in [0.2, 0.25) is 0 Å². The molecule has 4 aromatic rings. The highest BCUT2D eigenvalue weighted by Crippen LogP contribution is 2.39. The summed E-state index contributed by atoms with van der Waals surface area (Å²) < 4.78 is 5.58. The molecule has 126 valence electrons. The molecule has 2 N–H and O–H groups in total. The van der Waals surface area contributed by atoms with E-state index in [1.54, 1.807) is 12.4 Å². The molecule has 1 atom stereocenters. The van der Waals surface area contributed by atoms with Crippen LogP contribution in [0.3, 0.4) is 0 Å². The van der Waals surface area contributed by atoms with E-state index >= 15 is 0 Å². The Kier molecular flexibility index (Phi) is 3.21. The van der Waals surface area contributed by atoms with Gasteiger partial charge in [-0.3, -0.25) is 15.4 Å². The van der Waals surface area contributed by atoms with Crippen molar-refractivity contribution in [1.29, 1.82) is 0 Å². The second-order valence-corrected chi connectivity index (χ2v) is 6.11. The van der Waals surface area contributed by atoms with E-state index in [2.05, 4.69) is 20.5 Å². The van der Waals surface area contributed by atoms with Crippen molar-refractivity contribution in [3.63, 3.8) is 0 Å². The van der Waals surface area contributed by atoms with E-state index in [-0.39, 0.29) is 0 Å². The number of rotatable bonds is 2. The Morgan fingerprint density at radius 1 is 1.00 bits per heavy atom. The minimum absolute atomic E-state index is 0.454. The number of cyclic esters (lactones) is 1. The molecule has 1 aliphatic rings. The lowest BCUT2D eigenvalue weighted by molar-refractivity contribution is 0.127. The minimum atomic E-state index is -0.459. The number of anilines is 1. The largest absolute Gasteiger partial charge is 0.436 e. The normalized spacial score (nSPS) is 16.0. The summed E-state index contributed by atoms with van der Waals surface area (Å²) in [4.78, 5) is 16.1. The summed E-state index contributed by atoms with van der Waals surface area (Å²) in [5.41, 5.74) is 5.23. The number of benzene rings is 2. The van der Waals surface area contributed by atoms with Gasteiger partial charge in [-0.1, -0.05) is 30.3 Å². The first-order chi connectivity index (χ1) is 12.8. The Balaban J connectivity index is 1.71. The molecule has 0 saturated heterocycles. The van der Waals surface area contributed by atoms with E-state index in [0.717, 1.165) is 39.0 Å².